The van der Waals surface area contributed by atoms with Crippen molar-refractivity contribution in [1.82, 2.24) is 20.2 Å². The second kappa shape index (κ2) is 6.63. The lowest BCUT2D eigenvalue weighted by molar-refractivity contribution is 0.466. The molecule has 2 aromatic rings. The zero-order valence-electron chi connectivity index (χ0n) is 12.4. The van der Waals surface area contributed by atoms with Gasteiger partial charge in [-0.25, -0.2) is 0 Å². The number of hydrogen-bond donors (Lipinski definition) is 2. The maximum absolute atomic E-state index is 5.71. The predicted octanol–water partition coefficient (Wildman–Crippen LogP) is 2.30. The predicted molar refractivity (Wildman–Crippen MR) is 80.0 cm³/mol. The zero-order valence-corrected chi connectivity index (χ0v) is 12.4. The third-order valence-corrected chi connectivity index (χ3v) is 3.76. The third kappa shape index (κ3) is 3.23. The first-order chi connectivity index (χ1) is 9.65. The van der Waals surface area contributed by atoms with E-state index in [-0.39, 0.29) is 6.04 Å². The van der Waals surface area contributed by atoms with Crippen LogP contribution in [0.3, 0.4) is 0 Å². The molecule has 2 unspecified atom stereocenters. The van der Waals surface area contributed by atoms with Gasteiger partial charge >= 0.3 is 0 Å². The van der Waals surface area contributed by atoms with Gasteiger partial charge in [0, 0.05) is 31.1 Å². The van der Waals surface area contributed by atoms with Gasteiger partial charge in [-0.05, 0) is 43.5 Å². The molecule has 0 saturated carbocycles. The van der Waals surface area contributed by atoms with E-state index in [1.54, 1.807) is 6.20 Å². The summed E-state index contributed by atoms with van der Waals surface area (Å²) in [4.78, 5) is 4.12. The van der Waals surface area contributed by atoms with Crippen LogP contribution in [0.4, 0.5) is 0 Å². The molecule has 0 fully saturated rings. The van der Waals surface area contributed by atoms with Gasteiger partial charge in [0.15, 0.2) is 0 Å². The monoisotopic (exact) mass is 273 g/mol. The van der Waals surface area contributed by atoms with Crippen molar-refractivity contribution < 1.29 is 0 Å². The maximum atomic E-state index is 5.71. The van der Waals surface area contributed by atoms with Crippen LogP contribution in [0.2, 0.25) is 0 Å². The molecular formula is C15H23N5. The average molecular weight is 273 g/mol. The van der Waals surface area contributed by atoms with E-state index in [0.29, 0.717) is 6.04 Å². The SMILES string of the molecule is CCC(C)n1ccc(CC(NN)c2ccncc2C)n1. The summed E-state index contributed by atoms with van der Waals surface area (Å²) in [5.41, 5.74) is 6.23. The Bertz CT molecular complexity index is 549. The molecule has 5 nitrogen and oxygen atoms in total. The van der Waals surface area contributed by atoms with Crippen molar-refractivity contribution in [3.8, 4) is 0 Å². The number of aromatic nitrogens is 3. The van der Waals surface area contributed by atoms with Gasteiger partial charge in [0.1, 0.15) is 0 Å². The van der Waals surface area contributed by atoms with Crippen LogP contribution in [0.25, 0.3) is 0 Å². The van der Waals surface area contributed by atoms with Crippen molar-refractivity contribution in [1.29, 1.82) is 0 Å². The molecule has 2 aromatic heterocycles. The minimum atomic E-state index is 0.0540. The van der Waals surface area contributed by atoms with Crippen LogP contribution in [0.1, 0.15) is 49.2 Å². The Labute approximate surface area is 120 Å². The largest absolute Gasteiger partial charge is 0.271 e. The van der Waals surface area contributed by atoms with E-state index < -0.39 is 0 Å². The van der Waals surface area contributed by atoms with Gasteiger partial charge in [0.05, 0.1) is 11.7 Å². The van der Waals surface area contributed by atoms with Crippen LogP contribution >= 0.6 is 0 Å². The molecule has 0 aliphatic heterocycles. The summed E-state index contributed by atoms with van der Waals surface area (Å²) in [6.45, 7) is 6.38. The molecule has 0 aliphatic carbocycles. The zero-order chi connectivity index (χ0) is 14.5. The van der Waals surface area contributed by atoms with E-state index >= 15 is 0 Å². The van der Waals surface area contributed by atoms with E-state index in [0.717, 1.165) is 24.1 Å². The van der Waals surface area contributed by atoms with Crippen molar-refractivity contribution in [3.63, 3.8) is 0 Å². The van der Waals surface area contributed by atoms with E-state index in [2.05, 4.69) is 35.4 Å². The lowest BCUT2D eigenvalue weighted by Gasteiger charge is -2.17. The van der Waals surface area contributed by atoms with Crippen molar-refractivity contribution in [2.45, 2.75) is 45.7 Å². The topological polar surface area (TPSA) is 68.8 Å². The first-order valence-corrected chi connectivity index (χ1v) is 7.06. The highest BCUT2D eigenvalue weighted by atomic mass is 15.3. The normalized spacial score (nSPS) is 14.2. The van der Waals surface area contributed by atoms with Crippen LogP contribution < -0.4 is 11.3 Å². The van der Waals surface area contributed by atoms with Crippen molar-refractivity contribution in [2.75, 3.05) is 0 Å². The Balaban J connectivity index is 2.15. The smallest absolute Gasteiger partial charge is 0.0644 e. The fourth-order valence-corrected chi connectivity index (χ4v) is 2.26. The van der Waals surface area contributed by atoms with Gasteiger partial charge in [0.2, 0.25) is 0 Å². The second-order valence-electron chi connectivity index (χ2n) is 5.20. The molecule has 20 heavy (non-hydrogen) atoms. The Morgan fingerprint density at radius 3 is 2.85 bits per heavy atom. The van der Waals surface area contributed by atoms with E-state index in [1.807, 2.05) is 30.1 Å². The fraction of sp³-hybridized carbons (Fsp3) is 0.467. The number of hydrazine groups is 1. The molecule has 0 aromatic carbocycles. The Morgan fingerprint density at radius 1 is 1.40 bits per heavy atom. The first kappa shape index (κ1) is 14.7. The maximum Gasteiger partial charge on any atom is 0.0644 e. The summed E-state index contributed by atoms with van der Waals surface area (Å²) in [7, 11) is 0. The molecule has 108 valence electrons. The van der Waals surface area contributed by atoms with Gasteiger partial charge in [-0.3, -0.25) is 20.9 Å². The van der Waals surface area contributed by atoms with Gasteiger partial charge in [-0.2, -0.15) is 5.10 Å². The Hall–Kier alpha value is -1.72. The van der Waals surface area contributed by atoms with Crippen molar-refractivity contribution in [2.24, 2.45) is 5.84 Å². The van der Waals surface area contributed by atoms with Crippen LogP contribution in [0, 0.1) is 6.92 Å². The summed E-state index contributed by atoms with van der Waals surface area (Å²) >= 11 is 0. The number of hydrogen-bond acceptors (Lipinski definition) is 4. The molecule has 0 spiro atoms. The number of aryl methyl sites for hydroxylation is 1. The molecule has 2 heterocycles. The third-order valence-electron chi connectivity index (χ3n) is 3.76. The highest BCUT2D eigenvalue weighted by Gasteiger charge is 2.15. The fourth-order valence-electron chi connectivity index (χ4n) is 2.26. The molecule has 0 amide bonds. The minimum absolute atomic E-state index is 0.0540. The van der Waals surface area contributed by atoms with Crippen molar-refractivity contribution >= 4 is 0 Å². The van der Waals surface area contributed by atoms with E-state index in [1.165, 1.54) is 5.56 Å². The van der Waals surface area contributed by atoms with Crippen molar-refractivity contribution in [3.05, 3.63) is 47.5 Å². The van der Waals surface area contributed by atoms with Gasteiger partial charge in [0.25, 0.3) is 0 Å². The van der Waals surface area contributed by atoms with Crippen LogP contribution in [-0.2, 0) is 6.42 Å². The summed E-state index contributed by atoms with van der Waals surface area (Å²) in [6.07, 6.45) is 7.53. The number of nitrogens with one attached hydrogen (secondary N) is 1. The summed E-state index contributed by atoms with van der Waals surface area (Å²) in [6, 6.07) is 4.55. The molecule has 3 N–H and O–H groups in total. The van der Waals surface area contributed by atoms with Gasteiger partial charge in [-0.1, -0.05) is 6.92 Å². The quantitative estimate of drug-likeness (QED) is 0.626. The minimum Gasteiger partial charge on any atom is -0.271 e. The molecular weight excluding hydrogens is 250 g/mol. The molecule has 0 aliphatic rings. The summed E-state index contributed by atoms with van der Waals surface area (Å²) in [5.74, 6) is 5.71. The molecule has 5 heteroatoms. The highest BCUT2D eigenvalue weighted by Crippen LogP contribution is 2.20. The molecule has 2 rings (SSSR count). The lowest BCUT2D eigenvalue weighted by atomic mass is 10.00. The number of pyridine rings is 1. The second-order valence-corrected chi connectivity index (χ2v) is 5.20. The molecule has 0 radical (unpaired) electrons. The van der Waals surface area contributed by atoms with Gasteiger partial charge in [-0.15, -0.1) is 0 Å². The first-order valence-electron chi connectivity index (χ1n) is 7.06. The molecule has 0 saturated heterocycles. The number of nitrogens with two attached hydrogens (primary N) is 1. The van der Waals surface area contributed by atoms with Gasteiger partial charge < -0.3 is 0 Å². The summed E-state index contributed by atoms with van der Waals surface area (Å²) < 4.78 is 2.02. The summed E-state index contributed by atoms with van der Waals surface area (Å²) in [5, 5.41) is 4.63. The number of rotatable bonds is 6. The average Bonchev–Trinajstić information content (AvgIpc) is 2.93. The Morgan fingerprint density at radius 2 is 2.20 bits per heavy atom. The van der Waals surface area contributed by atoms with Crippen LogP contribution in [-0.4, -0.2) is 14.8 Å². The number of nitrogens with zero attached hydrogens (tertiary/aromatic N) is 3. The van der Waals surface area contributed by atoms with Crippen LogP contribution in [0.5, 0.6) is 0 Å². The molecule has 0 bridgehead atoms. The Kier molecular flexibility index (Phi) is 4.87. The van der Waals surface area contributed by atoms with Crippen LogP contribution in [0.15, 0.2) is 30.7 Å². The lowest BCUT2D eigenvalue weighted by Crippen LogP contribution is -2.30. The highest BCUT2D eigenvalue weighted by molar-refractivity contribution is 5.26. The molecule has 2 atom stereocenters. The standard InChI is InChI=1S/C15H23N5/c1-4-12(3)20-8-6-13(19-20)9-15(18-16)14-5-7-17-10-11(14)2/h5-8,10,12,15,18H,4,9,16H2,1-3H3. The van der Waals surface area contributed by atoms with E-state index in [9.17, 15) is 0 Å². The van der Waals surface area contributed by atoms with E-state index in [4.69, 9.17) is 5.84 Å².